The Bertz CT molecular complexity index is 516. The van der Waals surface area contributed by atoms with E-state index >= 15 is 0 Å². The molecule has 0 radical (unpaired) electrons. The molecule has 0 bridgehead atoms. The number of halogens is 1. The Hall–Kier alpha value is -0.590. The molecular weight excluding hydrogens is 356 g/mol. The lowest BCUT2D eigenvalue weighted by Gasteiger charge is -2.21. The molecular formula is C14H17BrN2OS2. The van der Waals surface area contributed by atoms with E-state index in [4.69, 9.17) is 18.0 Å². The Kier molecular flexibility index (Phi) is 5.86. The van der Waals surface area contributed by atoms with Crippen molar-refractivity contribution in [2.75, 3.05) is 16.8 Å². The number of amides is 1. The summed E-state index contributed by atoms with van der Waals surface area (Å²) in [6.45, 7) is 0. The quantitative estimate of drug-likeness (QED) is 0.793. The van der Waals surface area contributed by atoms with E-state index in [1.54, 1.807) is 0 Å². The van der Waals surface area contributed by atoms with Crippen LogP contribution in [0.3, 0.4) is 0 Å². The fraction of sp³-hybridized carbons (Fsp3) is 0.429. The Morgan fingerprint density at radius 3 is 2.80 bits per heavy atom. The van der Waals surface area contributed by atoms with E-state index in [1.165, 1.54) is 0 Å². The van der Waals surface area contributed by atoms with Crippen molar-refractivity contribution in [3.05, 3.63) is 28.2 Å². The number of carbonyl (C=O) groups is 1. The summed E-state index contributed by atoms with van der Waals surface area (Å²) in [6, 6.07) is 5.52. The van der Waals surface area contributed by atoms with Crippen molar-refractivity contribution in [1.82, 2.24) is 0 Å². The lowest BCUT2D eigenvalue weighted by molar-refractivity contribution is -0.117. The first-order chi connectivity index (χ1) is 9.56. The number of carbonyl (C=O) groups excluding carboxylic acids is 1. The highest BCUT2D eigenvalue weighted by atomic mass is 79.9. The van der Waals surface area contributed by atoms with Crippen LogP contribution < -0.4 is 11.1 Å². The molecule has 6 heteroatoms. The van der Waals surface area contributed by atoms with E-state index in [0.29, 0.717) is 23.6 Å². The number of nitrogens with one attached hydrogen (secondary N) is 1. The van der Waals surface area contributed by atoms with Crippen LogP contribution in [0.5, 0.6) is 0 Å². The Labute approximate surface area is 137 Å². The molecule has 108 valence electrons. The number of anilines is 1. The van der Waals surface area contributed by atoms with Crippen LogP contribution >= 0.6 is 39.9 Å². The summed E-state index contributed by atoms with van der Waals surface area (Å²) in [5.41, 5.74) is 7.09. The molecule has 1 fully saturated rings. The second-order valence-electron chi connectivity index (χ2n) is 4.86. The number of hydrogen-bond donors (Lipinski definition) is 2. The smallest absolute Gasteiger partial charge is 0.224 e. The Morgan fingerprint density at radius 1 is 1.45 bits per heavy atom. The average molecular weight is 373 g/mol. The van der Waals surface area contributed by atoms with Crippen molar-refractivity contribution >= 4 is 56.5 Å². The third-order valence-electron chi connectivity index (χ3n) is 3.34. The molecule has 1 heterocycles. The largest absolute Gasteiger partial charge is 0.389 e. The molecule has 2 rings (SSSR count). The molecule has 0 atom stereocenters. The first-order valence-electron chi connectivity index (χ1n) is 6.53. The third kappa shape index (κ3) is 4.46. The number of thioether (sulfide) groups is 1. The summed E-state index contributed by atoms with van der Waals surface area (Å²) in [7, 11) is 0. The van der Waals surface area contributed by atoms with Crippen LogP contribution in [0.15, 0.2) is 22.7 Å². The van der Waals surface area contributed by atoms with Gasteiger partial charge < -0.3 is 11.1 Å². The lowest BCUT2D eigenvalue weighted by atomic mass is 9.98. The molecule has 3 N–H and O–H groups in total. The average Bonchev–Trinajstić information content (AvgIpc) is 2.41. The van der Waals surface area contributed by atoms with Crippen molar-refractivity contribution < 1.29 is 4.79 Å². The molecule has 1 aromatic rings. The Morgan fingerprint density at radius 2 is 2.15 bits per heavy atom. The summed E-state index contributed by atoms with van der Waals surface area (Å²) in [5.74, 6) is 2.87. The predicted octanol–water partition coefficient (Wildman–Crippen LogP) is 3.56. The lowest BCUT2D eigenvalue weighted by Crippen LogP contribution is -2.21. The van der Waals surface area contributed by atoms with E-state index in [1.807, 2.05) is 30.0 Å². The van der Waals surface area contributed by atoms with Crippen molar-refractivity contribution in [2.24, 2.45) is 11.7 Å². The molecule has 0 saturated carbocycles. The third-order valence-corrected chi connectivity index (χ3v) is 5.10. The zero-order valence-electron chi connectivity index (χ0n) is 11.0. The van der Waals surface area contributed by atoms with Gasteiger partial charge in [0, 0.05) is 16.5 Å². The summed E-state index contributed by atoms with van der Waals surface area (Å²) in [5, 5.41) is 2.93. The molecule has 0 spiro atoms. The first-order valence-corrected chi connectivity index (χ1v) is 8.89. The van der Waals surface area contributed by atoms with Crippen LogP contribution in [0.4, 0.5) is 5.69 Å². The van der Waals surface area contributed by atoms with Gasteiger partial charge in [-0.05, 0) is 48.5 Å². The van der Waals surface area contributed by atoms with E-state index < -0.39 is 0 Å². The highest BCUT2D eigenvalue weighted by molar-refractivity contribution is 9.10. The molecule has 1 aliphatic rings. The number of nitrogens with two attached hydrogens (primary N) is 1. The van der Waals surface area contributed by atoms with Crippen LogP contribution in [-0.2, 0) is 4.79 Å². The topological polar surface area (TPSA) is 55.1 Å². The molecule has 1 aromatic carbocycles. The summed E-state index contributed by atoms with van der Waals surface area (Å²) >= 11 is 10.4. The minimum absolute atomic E-state index is 0.0433. The number of hydrogen-bond acceptors (Lipinski definition) is 3. The van der Waals surface area contributed by atoms with Gasteiger partial charge in [-0.1, -0.05) is 28.1 Å². The summed E-state index contributed by atoms with van der Waals surface area (Å²) in [6.07, 6.45) is 2.83. The molecule has 1 amide bonds. The fourth-order valence-corrected chi connectivity index (χ4v) is 3.98. The Balaban J connectivity index is 2.01. The second kappa shape index (κ2) is 7.43. The highest BCUT2D eigenvalue weighted by Crippen LogP contribution is 2.26. The van der Waals surface area contributed by atoms with E-state index in [2.05, 4.69) is 21.2 Å². The molecule has 1 saturated heterocycles. The first kappa shape index (κ1) is 15.8. The van der Waals surface area contributed by atoms with Crippen molar-refractivity contribution in [1.29, 1.82) is 0 Å². The molecule has 0 aromatic heterocycles. The minimum atomic E-state index is 0.0433. The molecule has 20 heavy (non-hydrogen) atoms. The van der Waals surface area contributed by atoms with Crippen LogP contribution in [0.2, 0.25) is 0 Å². The minimum Gasteiger partial charge on any atom is -0.389 e. The van der Waals surface area contributed by atoms with E-state index in [-0.39, 0.29) is 10.9 Å². The molecule has 0 unspecified atom stereocenters. The van der Waals surface area contributed by atoms with Crippen LogP contribution in [0, 0.1) is 5.92 Å². The monoisotopic (exact) mass is 372 g/mol. The van der Waals surface area contributed by atoms with Crippen LogP contribution in [-0.4, -0.2) is 22.4 Å². The van der Waals surface area contributed by atoms with Gasteiger partial charge in [0.25, 0.3) is 0 Å². The van der Waals surface area contributed by atoms with Gasteiger partial charge in [0.05, 0.1) is 5.69 Å². The zero-order valence-corrected chi connectivity index (χ0v) is 14.2. The SMILES string of the molecule is NC(=S)c1cc(Br)ccc1NC(=O)CC1CCSCC1. The van der Waals surface area contributed by atoms with Gasteiger partial charge in [-0.3, -0.25) is 4.79 Å². The van der Waals surface area contributed by atoms with Gasteiger partial charge in [0.15, 0.2) is 0 Å². The van der Waals surface area contributed by atoms with Gasteiger partial charge >= 0.3 is 0 Å². The van der Waals surface area contributed by atoms with Gasteiger partial charge in [-0.15, -0.1) is 0 Å². The van der Waals surface area contributed by atoms with Gasteiger partial charge in [-0.2, -0.15) is 11.8 Å². The second-order valence-corrected chi connectivity index (χ2v) is 7.44. The van der Waals surface area contributed by atoms with Crippen molar-refractivity contribution in [3.8, 4) is 0 Å². The van der Waals surface area contributed by atoms with Gasteiger partial charge in [-0.25, -0.2) is 0 Å². The molecule has 0 aliphatic carbocycles. The maximum Gasteiger partial charge on any atom is 0.224 e. The summed E-state index contributed by atoms with van der Waals surface area (Å²) < 4.78 is 0.891. The number of benzene rings is 1. The number of thiocarbonyl (C=S) groups is 1. The molecule has 1 aliphatic heterocycles. The van der Waals surface area contributed by atoms with Crippen LogP contribution in [0.1, 0.15) is 24.8 Å². The standard InChI is InChI=1S/C14H17BrN2OS2/c15-10-1-2-12(11(8-10)14(16)19)17-13(18)7-9-3-5-20-6-4-9/h1-2,8-9H,3-7H2,(H2,16,19)(H,17,18). The zero-order chi connectivity index (χ0) is 14.5. The van der Waals surface area contributed by atoms with E-state index in [9.17, 15) is 4.79 Å². The summed E-state index contributed by atoms with van der Waals surface area (Å²) in [4.78, 5) is 12.4. The highest BCUT2D eigenvalue weighted by Gasteiger charge is 2.18. The van der Waals surface area contributed by atoms with Gasteiger partial charge in [0.2, 0.25) is 5.91 Å². The van der Waals surface area contributed by atoms with E-state index in [0.717, 1.165) is 28.8 Å². The normalized spacial score (nSPS) is 15.8. The van der Waals surface area contributed by atoms with Crippen molar-refractivity contribution in [2.45, 2.75) is 19.3 Å². The van der Waals surface area contributed by atoms with Gasteiger partial charge in [0.1, 0.15) is 4.99 Å². The van der Waals surface area contributed by atoms with Crippen molar-refractivity contribution in [3.63, 3.8) is 0 Å². The van der Waals surface area contributed by atoms with Crippen LogP contribution in [0.25, 0.3) is 0 Å². The molecule has 3 nitrogen and oxygen atoms in total. The number of rotatable bonds is 4. The maximum absolute atomic E-state index is 12.1. The fourth-order valence-electron chi connectivity index (χ4n) is 2.24. The predicted molar refractivity (Wildman–Crippen MR) is 93.3 cm³/mol. The maximum atomic E-state index is 12.1.